The monoisotopic (exact) mass is 286 g/mol. The molecule has 1 atom stereocenters. The summed E-state index contributed by atoms with van der Waals surface area (Å²) in [5.74, 6) is 0.241. The molecule has 5 heteroatoms. The second-order valence-electron chi connectivity index (χ2n) is 4.62. The molecule has 1 rings (SSSR count). The first-order valence-corrected chi connectivity index (χ1v) is 7.07. The van der Waals surface area contributed by atoms with Crippen molar-refractivity contribution in [2.45, 2.75) is 33.4 Å². The molecule has 3 nitrogen and oxygen atoms in total. The number of likely N-dealkylation sites (N-methyl/N-ethyl adjacent to an activating group) is 1. The van der Waals surface area contributed by atoms with Crippen LogP contribution in [0.1, 0.15) is 32.4 Å². The second-order valence-corrected chi connectivity index (χ2v) is 4.62. The zero-order chi connectivity index (χ0) is 15.0. The number of halogens is 2. The van der Waals surface area contributed by atoms with Crippen LogP contribution >= 0.6 is 0 Å². The average molecular weight is 286 g/mol. The van der Waals surface area contributed by atoms with E-state index < -0.39 is 6.61 Å². The number of rotatable bonds is 9. The van der Waals surface area contributed by atoms with Crippen LogP contribution in [0.25, 0.3) is 0 Å². The van der Waals surface area contributed by atoms with E-state index >= 15 is 0 Å². The maximum Gasteiger partial charge on any atom is 0.387 e. The Bertz CT molecular complexity index is 384. The fourth-order valence-electron chi connectivity index (χ4n) is 2.13. The first-order valence-electron chi connectivity index (χ1n) is 7.07. The van der Waals surface area contributed by atoms with Crippen LogP contribution in [0.15, 0.2) is 24.3 Å². The lowest BCUT2D eigenvalue weighted by Gasteiger charge is -2.21. The first-order chi connectivity index (χ1) is 9.58. The summed E-state index contributed by atoms with van der Waals surface area (Å²) in [6, 6.07) is 6.89. The summed E-state index contributed by atoms with van der Waals surface area (Å²) in [5, 5.41) is 3.35. The third kappa shape index (κ3) is 5.43. The molecule has 0 bridgehead atoms. The summed E-state index contributed by atoms with van der Waals surface area (Å²) < 4.78 is 29.3. The van der Waals surface area contributed by atoms with Crippen LogP contribution in [0.2, 0.25) is 0 Å². The Labute approximate surface area is 119 Å². The first kappa shape index (κ1) is 16.9. The number of nitrogens with one attached hydrogen (secondary N) is 1. The Kier molecular flexibility index (Phi) is 7.47. The van der Waals surface area contributed by atoms with Gasteiger partial charge in [-0.15, -0.1) is 0 Å². The molecule has 0 saturated heterocycles. The average Bonchev–Trinajstić information content (AvgIpc) is 2.43. The molecule has 20 heavy (non-hydrogen) atoms. The van der Waals surface area contributed by atoms with Crippen LogP contribution in [0.4, 0.5) is 8.78 Å². The van der Waals surface area contributed by atoms with Gasteiger partial charge in [0, 0.05) is 24.7 Å². The topological polar surface area (TPSA) is 24.5 Å². The smallest absolute Gasteiger partial charge is 0.387 e. The maximum absolute atomic E-state index is 12.4. The maximum atomic E-state index is 12.4. The number of hydrogen-bond acceptors (Lipinski definition) is 3. The molecule has 0 fully saturated rings. The van der Waals surface area contributed by atoms with Crippen molar-refractivity contribution in [3.8, 4) is 5.75 Å². The van der Waals surface area contributed by atoms with Crippen molar-refractivity contribution >= 4 is 0 Å². The van der Waals surface area contributed by atoms with Crippen LogP contribution < -0.4 is 10.1 Å². The Morgan fingerprint density at radius 3 is 2.45 bits per heavy atom. The number of nitrogens with zero attached hydrogens (tertiary/aromatic N) is 1. The van der Waals surface area contributed by atoms with Gasteiger partial charge in [-0.25, -0.2) is 0 Å². The fraction of sp³-hybridized carbons (Fsp3) is 0.600. The predicted molar refractivity (Wildman–Crippen MR) is 77.3 cm³/mol. The molecule has 0 aliphatic carbocycles. The second kappa shape index (κ2) is 8.87. The van der Waals surface area contributed by atoms with Crippen LogP contribution in [-0.2, 0) is 0 Å². The highest BCUT2D eigenvalue weighted by molar-refractivity contribution is 5.35. The molecule has 1 unspecified atom stereocenters. The van der Waals surface area contributed by atoms with Gasteiger partial charge in [0.05, 0.1) is 0 Å². The molecule has 0 spiro atoms. The van der Waals surface area contributed by atoms with Gasteiger partial charge in [0.25, 0.3) is 0 Å². The fourth-order valence-corrected chi connectivity index (χ4v) is 2.13. The van der Waals surface area contributed by atoms with Crippen LogP contribution in [-0.4, -0.2) is 37.7 Å². The van der Waals surface area contributed by atoms with Gasteiger partial charge in [-0.3, -0.25) is 0 Å². The van der Waals surface area contributed by atoms with Crippen molar-refractivity contribution in [2.75, 3.05) is 26.2 Å². The molecular formula is C15H24F2N2O. The van der Waals surface area contributed by atoms with Crippen LogP contribution in [0.5, 0.6) is 5.75 Å². The lowest BCUT2D eigenvalue weighted by Crippen LogP contribution is -2.33. The van der Waals surface area contributed by atoms with E-state index in [1.807, 2.05) is 19.1 Å². The molecule has 0 aliphatic heterocycles. The summed E-state index contributed by atoms with van der Waals surface area (Å²) in [6.45, 7) is 7.18. The third-order valence-electron chi connectivity index (χ3n) is 3.37. The number of benzene rings is 1. The molecule has 0 aromatic heterocycles. The SMILES string of the molecule is CCN(CC)CCNC(C)c1ccccc1OC(F)F. The summed E-state index contributed by atoms with van der Waals surface area (Å²) in [7, 11) is 0. The molecule has 0 heterocycles. The minimum Gasteiger partial charge on any atom is -0.434 e. The number of para-hydroxylation sites is 1. The summed E-state index contributed by atoms with van der Waals surface area (Å²) in [5.41, 5.74) is 0.757. The normalized spacial score (nSPS) is 12.9. The molecular weight excluding hydrogens is 262 g/mol. The predicted octanol–water partition coefficient (Wildman–Crippen LogP) is 3.28. The quantitative estimate of drug-likeness (QED) is 0.754. The number of ether oxygens (including phenoxy) is 1. The molecule has 0 radical (unpaired) electrons. The molecule has 1 N–H and O–H groups in total. The molecule has 114 valence electrons. The number of alkyl halides is 2. The van der Waals surface area contributed by atoms with Crippen LogP contribution in [0, 0.1) is 0 Å². The lowest BCUT2D eigenvalue weighted by molar-refractivity contribution is -0.0506. The van der Waals surface area contributed by atoms with Crippen molar-refractivity contribution in [1.82, 2.24) is 10.2 Å². The van der Waals surface area contributed by atoms with Crippen molar-refractivity contribution in [3.05, 3.63) is 29.8 Å². The summed E-state index contributed by atoms with van der Waals surface area (Å²) >= 11 is 0. The zero-order valence-corrected chi connectivity index (χ0v) is 12.4. The van der Waals surface area contributed by atoms with Crippen molar-refractivity contribution in [1.29, 1.82) is 0 Å². The molecule has 1 aromatic carbocycles. The molecule has 1 aromatic rings. The van der Waals surface area contributed by atoms with Gasteiger partial charge in [-0.2, -0.15) is 8.78 Å². The van der Waals surface area contributed by atoms with Gasteiger partial charge in [-0.05, 0) is 26.1 Å². The minimum atomic E-state index is -2.79. The third-order valence-corrected chi connectivity index (χ3v) is 3.37. The van der Waals surface area contributed by atoms with E-state index in [4.69, 9.17) is 0 Å². The van der Waals surface area contributed by atoms with Gasteiger partial charge in [-0.1, -0.05) is 32.0 Å². The van der Waals surface area contributed by atoms with Gasteiger partial charge >= 0.3 is 6.61 Å². The Morgan fingerprint density at radius 2 is 1.85 bits per heavy atom. The number of hydrogen-bond donors (Lipinski definition) is 1. The van der Waals surface area contributed by atoms with Gasteiger partial charge < -0.3 is 15.0 Å². The Balaban J connectivity index is 2.56. The molecule has 0 saturated carbocycles. The Morgan fingerprint density at radius 1 is 1.20 bits per heavy atom. The van der Waals surface area contributed by atoms with E-state index in [-0.39, 0.29) is 11.8 Å². The van der Waals surface area contributed by atoms with E-state index in [2.05, 4.69) is 28.8 Å². The van der Waals surface area contributed by atoms with E-state index in [0.29, 0.717) is 0 Å². The van der Waals surface area contributed by atoms with Gasteiger partial charge in [0.15, 0.2) is 0 Å². The summed E-state index contributed by atoms with van der Waals surface area (Å²) in [6.07, 6.45) is 0. The van der Waals surface area contributed by atoms with Crippen LogP contribution in [0.3, 0.4) is 0 Å². The van der Waals surface area contributed by atoms with E-state index in [1.165, 1.54) is 0 Å². The van der Waals surface area contributed by atoms with Gasteiger partial charge in [0.1, 0.15) is 5.75 Å². The standard InChI is InChI=1S/C15H24F2N2O/c1-4-19(5-2)11-10-18-12(3)13-8-6-7-9-14(13)20-15(16)17/h6-9,12,15,18H,4-5,10-11H2,1-3H3. The zero-order valence-electron chi connectivity index (χ0n) is 12.4. The molecule has 0 aliphatic rings. The van der Waals surface area contributed by atoms with E-state index in [9.17, 15) is 8.78 Å². The largest absolute Gasteiger partial charge is 0.434 e. The highest BCUT2D eigenvalue weighted by Gasteiger charge is 2.14. The highest BCUT2D eigenvalue weighted by atomic mass is 19.3. The van der Waals surface area contributed by atoms with E-state index in [1.54, 1.807) is 12.1 Å². The minimum absolute atomic E-state index is 0.0273. The van der Waals surface area contributed by atoms with E-state index in [0.717, 1.165) is 31.7 Å². The van der Waals surface area contributed by atoms with Gasteiger partial charge in [0.2, 0.25) is 0 Å². The lowest BCUT2D eigenvalue weighted by atomic mass is 10.1. The molecule has 0 amide bonds. The van der Waals surface area contributed by atoms with Crippen molar-refractivity contribution < 1.29 is 13.5 Å². The highest BCUT2D eigenvalue weighted by Crippen LogP contribution is 2.26. The van der Waals surface area contributed by atoms with Crippen molar-refractivity contribution in [3.63, 3.8) is 0 Å². The Hall–Kier alpha value is -1.20. The summed E-state index contributed by atoms with van der Waals surface area (Å²) in [4.78, 5) is 2.31. The van der Waals surface area contributed by atoms with Crippen molar-refractivity contribution in [2.24, 2.45) is 0 Å².